The second-order valence-corrected chi connectivity index (χ2v) is 9.25. The van der Waals surface area contributed by atoms with Crippen LogP contribution in [0.3, 0.4) is 0 Å². The summed E-state index contributed by atoms with van der Waals surface area (Å²) in [5.74, 6) is -0.482. The Hall–Kier alpha value is -3.66. The van der Waals surface area contributed by atoms with E-state index in [2.05, 4.69) is 25.6 Å². The van der Waals surface area contributed by atoms with Crippen LogP contribution in [0.2, 0.25) is 5.02 Å². The zero-order chi connectivity index (χ0) is 25.4. The van der Waals surface area contributed by atoms with E-state index in [1.54, 1.807) is 18.2 Å². The Kier molecular flexibility index (Phi) is 6.29. The van der Waals surface area contributed by atoms with Crippen molar-refractivity contribution in [2.45, 2.75) is 43.9 Å². The summed E-state index contributed by atoms with van der Waals surface area (Å²) in [5, 5.41) is 7.03. The van der Waals surface area contributed by atoms with Crippen LogP contribution in [-0.4, -0.2) is 32.9 Å². The van der Waals surface area contributed by atoms with Gasteiger partial charge in [0.15, 0.2) is 0 Å². The highest BCUT2D eigenvalue weighted by Gasteiger charge is 2.34. The molecule has 11 heteroatoms. The first-order valence-electron chi connectivity index (χ1n) is 11.4. The number of amides is 1. The summed E-state index contributed by atoms with van der Waals surface area (Å²) in [7, 11) is 0. The number of rotatable bonds is 4. The fraction of sp³-hybridized carbons (Fsp3) is 0.280. The maximum atomic E-state index is 13.4. The number of anilines is 1. The molecule has 3 aromatic heterocycles. The number of carbonyl (C=O) groups is 1. The molecule has 36 heavy (non-hydrogen) atoms. The molecule has 0 radical (unpaired) electrons. The van der Waals surface area contributed by atoms with E-state index in [4.69, 9.17) is 11.6 Å². The lowest BCUT2D eigenvalue weighted by Crippen LogP contribution is -2.41. The van der Waals surface area contributed by atoms with E-state index in [0.717, 1.165) is 6.07 Å². The van der Waals surface area contributed by atoms with Crippen molar-refractivity contribution in [1.82, 2.24) is 20.3 Å². The summed E-state index contributed by atoms with van der Waals surface area (Å²) in [6.45, 7) is 0. The van der Waals surface area contributed by atoms with Crippen LogP contribution in [-0.2, 0) is 6.18 Å². The molecular weight excluding hydrogens is 495 g/mol. The summed E-state index contributed by atoms with van der Waals surface area (Å²) in [4.78, 5) is 36.1. The van der Waals surface area contributed by atoms with Gasteiger partial charge in [0.05, 0.1) is 11.0 Å². The number of halogens is 4. The number of aromatic amines is 1. The molecule has 1 aliphatic rings. The number of fused-ring (bicyclic) bond motifs is 2. The zero-order valence-corrected chi connectivity index (χ0v) is 19.6. The third-order valence-electron chi connectivity index (χ3n) is 6.37. The van der Waals surface area contributed by atoms with Crippen LogP contribution >= 0.6 is 11.6 Å². The topological polar surface area (TPSA) is 99.8 Å². The standard InChI is InChI=1S/C25H21ClF3N5O2/c26-13-3-8-18-16(10-13)20(11-21(34-18)25(27,28)29)32-14-4-6-15(7-5-14)33-24(36)17-12-31-19-2-1-9-30-22(19)23(17)35/h1-3,8-12,14-15H,4-7H2,(H,31,35)(H,32,34)(H,33,36). The molecule has 0 unspecified atom stereocenters. The summed E-state index contributed by atoms with van der Waals surface area (Å²) >= 11 is 6.08. The first-order chi connectivity index (χ1) is 17.2. The number of benzene rings is 1. The number of hydrogen-bond donors (Lipinski definition) is 3. The number of nitrogens with zero attached hydrogens (tertiary/aromatic N) is 2. The minimum Gasteiger partial charge on any atom is -0.382 e. The van der Waals surface area contributed by atoms with Crippen LogP contribution in [0, 0.1) is 0 Å². The number of nitrogens with one attached hydrogen (secondary N) is 3. The van der Waals surface area contributed by atoms with Gasteiger partial charge < -0.3 is 15.6 Å². The predicted molar refractivity (Wildman–Crippen MR) is 131 cm³/mol. The molecule has 1 aliphatic carbocycles. The van der Waals surface area contributed by atoms with Gasteiger partial charge in [0.25, 0.3) is 5.91 Å². The fourth-order valence-electron chi connectivity index (χ4n) is 4.54. The predicted octanol–water partition coefficient (Wildman–Crippen LogP) is 5.30. The van der Waals surface area contributed by atoms with Gasteiger partial charge >= 0.3 is 6.18 Å². The van der Waals surface area contributed by atoms with Gasteiger partial charge in [-0.2, -0.15) is 13.2 Å². The number of hydrogen-bond acceptors (Lipinski definition) is 5. The van der Waals surface area contributed by atoms with Crippen molar-refractivity contribution in [3.05, 3.63) is 75.3 Å². The molecule has 1 aromatic carbocycles. The molecule has 0 saturated heterocycles. The minimum atomic E-state index is -4.58. The Morgan fingerprint density at radius 2 is 1.83 bits per heavy atom. The van der Waals surface area contributed by atoms with Crippen molar-refractivity contribution in [3.8, 4) is 0 Å². The van der Waals surface area contributed by atoms with Gasteiger partial charge in [-0.25, -0.2) is 4.98 Å². The summed E-state index contributed by atoms with van der Waals surface area (Å²) in [6, 6.07) is 8.70. The van der Waals surface area contributed by atoms with E-state index < -0.39 is 23.2 Å². The first kappa shape index (κ1) is 24.1. The quantitative estimate of drug-likeness (QED) is 0.342. The fourth-order valence-corrected chi connectivity index (χ4v) is 4.71. The van der Waals surface area contributed by atoms with Crippen molar-refractivity contribution in [3.63, 3.8) is 0 Å². The average Bonchev–Trinajstić information content (AvgIpc) is 2.85. The lowest BCUT2D eigenvalue weighted by atomic mass is 9.90. The number of pyridine rings is 3. The van der Waals surface area contributed by atoms with Crippen molar-refractivity contribution in [1.29, 1.82) is 0 Å². The Labute approximate surface area is 208 Å². The second-order valence-electron chi connectivity index (χ2n) is 8.81. The van der Waals surface area contributed by atoms with Crippen molar-refractivity contribution in [2.24, 2.45) is 0 Å². The molecule has 3 N–H and O–H groups in total. The van der Waals surface area contributed by atoms with Crippen LogP contribution in [0.1, 0.15) is 41.7 Å². The normalized spacial score (nSPS) is 18.3. The summed E-state index contributed by atoms with van der Waals surface area (Å²) in [6.07, 6.45) is 0.727. The van der Waals surface area contributed by atoms with E-state index in [0.29, 0.717) is 47.3 Å². The molecule has 186 valence electrons. The lowest BCUT2D eigenvalue weighted by Gasteiger charge is -2.30. The largest absolute Gasteiger partial charge is 0.433 e. The van der Waals surface area contributed by atoms with Crippen LogP contribution in [0.4, 0.5) is 18.9 Å². The lowest BCUT2D eigenvalue weighted by molar-refractivity contribution is -0.140. The van der Waals surface area contributed by atoms with E-state index in [1.165, 1.54) is 24.5 Å². The highest BCUT2D eigenvalue weighted by Crippen LogP contribution is 2.35. The maximum Gasteiger partial charge on any atom is 0.433 e. The zero-order valence-electron chi connectivity index (χ0n) is 18.8. The number of alkyl halides is 3. The molecular formula is C25H21ClF3N5O2. The molecule has 3 heterocycles. The molecule has 4 aromatic rings. The molecule has 1 fully saturated rings. The summed E-state index contributed by atoms with van der Waals surface area (Å²) < 4.78 is 40.2. The van der Waals surface area contributed by atoms with E-state index in [9.17, 15) is 22.8 Å². The van der Waals surface area contributed by atoms with Gasteiger partial charge in [0.2, 0.25) is 5.43 Å². The Bertz CT molecular complexity index is 1510. The third kappa shape index (κ3) is 4.86. The maximum absolute atomic E-state index is 13.4. The third-order valence-corrected chi connectivity index (χ3v) is 6.60. The molecule has 1 saturated carbocycles. The van der Waals surface area contributed by atoms with Gasteiger partial charge in [0, 0.05) is 40.6 Å². The first-order valence-corrected chi connectivity index (χ1v) is 11.8. The van der Waals surface area contributed by atoms with E-state index in [-0.39, 0.29) is 28.7 Å². The minimum absolute atomic E-state index is 0.0127. The van der Waals surface area contributed by atoms with Gasteiger partial charge in [-0.15, -0.1) is 0 Å². The second kappa shape index (κ2) is 9.42. The molecule has 5 rings (SSSR count). The smallest absolute Gasteiger partial charge is 0.382 e. The van der Waals surface area contributed by atoms with Crippen LogP contribution in [0.25, 0.3) is 21.9 Å². The Morgan fingerprint density at radius 3 is 2.58 bits per heavy atom. The Morgan fingerprint density at radius 1 is 1.08 bits per heavy atom. The van der Waals surface area contributed by atoms with Gasteiger partial charge in [-0.3, -0.25) is 14.6 Å². The molecule has 0 spiro atoms. The number of H-pyrrole nitrogens is 1. The van der Waals surface area contributed by atoms with Gasteiger partial charge in [0.1, 0.15) is 16.8 Å². The average molecular weight is 516 g/mol. The van der Waals surface area contributed by atoms with Crippen molar-refractivity contribution >= 4 is 45.1 Å². The van der Waals surface area contributed by atoms with Crippen LogP contribution in [0.15, 0.2) is 53.6 Å². The molecule has 7 nitrogen and oxygen atoms in total. The van der Waals surface area contributed by atoms with Crippen LogP contribution < -0.4 is 16.1 Å². The highest BCUT2D eigenvalue weighted by atomic mass is 35.5. The molecule has 0 aliphatic heterocycles. The van der Waals surface area contributed by atoms with E-state index >= 15 is 0 Å². The monoisotopic (exact) mass is 515 g/mol. The Balaban J connectivity index is 1.28. The molecule has 0 bridgehead atoms. The molecule has 1 amide bonds. The summed E-state index contributed by atoms with van der Waals surface area (Å²) in [5.41, 5.74) is -0.173. The molecule has 0 atom stereocenters. The van der Waals surface area contributed by atoms with Crippen molar-refractivity contribution < 1.29 is 18.0 Å². The van der Waals surface area contributed by atoms with Crippen LogP contribution in [0.5, 0.6) is 0 Å². The van der Waals surface area contributed by atoms with Crippen molar-refractivity contribution in [2.75, 3.05) is 5.32 Å². The highest BCUT2D eigenvalue weighted by molar-refractivity contribution is 6.31. The van der Waals surface area contributed by atoms with E-state index in [1.807, 2.05) is 0 Å². The number of carbonyl (C=O) groups excluding carboxylic acids is 1. The van der Waals surface area contributed by atoms with Gasteiger partial charge in [-0.1, -0.05) is 11.6 Å². The SMILES string of the molecule is O=C(NC1CCC(Nc2cc(C(F)(F)F)nc3ccc(Cl)cc23)CC1)c1c[nH]c2cccnc2c1=O. The number of aromatic nitrogens is 3. The van der Waals surface area contributed by atoms with Gasteiger partial charge in [-0.05, 0) is 62.1 Å².